The molecule has 0 spiro atoms. The Bertz CT molecular complexity index is 579. The molecule has 0 N–H and O–H groups in total. The van der Waals surface area contributed by atoms with E-state index in [-0.39, 0.29) is 11.3 Å². The molecule has 0 aliphatic carbocycles. The van der Waals surface area contributed by atoms with Crippen LogP contribution < -0.4 is 9.47 Å². The van der Waals surface area contributed by atoms with Crippen molar-refractivity contribution in [3.05, 3.63) is 23.8 Å². The molecule has 0 saturated carbocycles. The topological polar surface area (TPSA) is 38.8 Å². The zero-order valence-electron chi connectivity index (χ0n) is 12.8. The number of carbonyl (C=O) groups is 1. The average molecular weight is 342 g/mol. The molecule has 22 heavy (non-hydrogen) atoms. The summed E-state index contributed by atoms with van der Waals surface area (Å²) >= 11 is 7.74. The smallest absolute Gasteiger partial charge is 0.230 e. The summed E-state index contributed by atoms with van der Waals surface area (Å²) in [4.78, 5) is 14.7. The van der Waals surface area contributed by atoms with Gasteiger partial charge in [-0.15, -0.1) is 23.4 Å². The van der Waals surface area contributed by atoms with Crippen molar-refractivity contribution >= 4 is 29.3 Å². The summed E-state index contributed by atoms with van der Waals surface area (Å²) in [6.07, 6.45) is 0. The number of ether oxygens (including phenoxy) is 2. The SMILES string of the molecule is CC(C)(CCl)C(=O)N1CCSC1c1ccc2c(c1)OCCO2. The minimum Gasteiger partial charge on any atom is -0.486 e. The Morgan fingerprint density at radius 2 is 2.09 bits per heavy atom. The van der Waals surface area contributed by atoms with Crippen LogP contribution in [0.4, 0.5) is 0 Å². The molecule has 3 rings (SSSR count). The third-order valence-corrected chi connectivity index (χ3v) is 5.85. The largest absolute Gasteiger partial charge is 0.486 e. The molecule has 0 aromatic heterocycles. The first-order valence-electron chi connectivity index (χ1n) is 7.41. The molecule has 2 heterocycles. The van der Waals surface area contributed by atoms with E-state index in [0.717, 1.165) is 29.4 Å². The molecule has 0 radical (unpaired) electrons. The van der Waals surface area contributed by atoms with Crippen LogP contribution in [-0.4, -0.2) is 42.2 Å². The van der Waals surface area contributed by atoms with Crippen LogP contribution in [0.5, 0.6) is 11.5 Å². The Hall–Kier alpha value is -1.07. The van der Waals surface area contributed by atoms with E-state index < -0.39 is 5.41 Å². The van der Waals surface area contributed by atoms with Crippen LogP contribution in [-0.2, 0) is 4.79 Å². The summed E-state index contributed by atoms with van der Waals surface area (Å²) in [7, 11) is 0. The molecule has 1 fully saturated rings. The van der Waals surface area contributed by atoms with Gasteiger partial charge in [-0.3, -0.25) is 4.79 Å². The van der Waals surface area contributed by atoms with Crippen LogP contribution in [0.1, 0.15) is 24.8 Å². The van der Waals surface area contributed by atoms with Crippen molar-refractivity contribution in [3.8, 4) is 11.5 Å². The standard InChI is InChI=1S/C16H20ClNO3S/c1-16(2,10-17)15(19)18-5-8-22-14(18)11-3-4-12-13(9-11)21-7-6-20-12/h3-4,9,14H,5-8,10H2,1-2H3. The predicted octanol–water partition coefficient (Wildman–Crippen LogP) is 3.30. The third kappa shape index (κ3) is 2.88. The second kappa shape index (κ2) is 6.20. The van der Waals surface area contributed by atoms with Gasteiger partial charge >= 0.3 is 0 Å². The van der Waals surface area contributed by atoms with Gasteiger partial charge in [0.15, 0.2) is 11.5 Å². The van der Waals surface area contributed by atoms with Crippen LogP contribution >= 0.6 is 23.4 Å². The lowest BCUT2D eigenvalue weighted by Gasteiger charge is -2.32. The normalized spacial score (nSPS) is 21.0. The van der Waals surface area contributed by atoms with Gasteiger partial charge in [-0.05, 0) is 31.5 Å². The van der Waals surface area contributed by atoms with E-state index in [1.807, 2.05) is 36.9 Å². The molecule has 120 valence electrons. The highest BCUT2D eigenvalue weighted by molar-refractivity contribution is 7.99. The van der Waals surface area contributed by atoms with Crippen molar-refractivity contribution in [3.63, 3.8) is 0 Å². The lowest BCUT2D eigenvalue weighted by molar-refractivity contribution is -0.139. The lowest BCUT2D eigenvalue weighted by Crippen LogP contribution is -2.41. The summed E-state index contributed by atoms with van der Waals surface area (Å²) in [5.74, 6) is 2.90. The number of alkyl halides is 1. The van der Waals surface area contributed by atoms with Crippen LogP contribution in [0.15, 0.2) is 18.2 Å². The Balaban J connectivity index is 1.86. The van der Waals surface area contributed by atoms with Crippen LogP contribution in [0.3, 0.4) is 0 Å². The van der Waals surface area contributed by atoms with Gasteiger partial charge < -0.3 is 14.4 Å². The number of halogens is 1. The first-order chi connectivity index (χ1) is 10.5. The number of hydrogen-bond donors (Lipinski definition) is 0. The van der Waals surface area contributed by atoms with Gasteiger partial charge in [0.25, 0.3) is 0 Å². The van der Waals surface area contributed by atoms with E-state index >= 15 is 0 Å². The molecule has 1 atom stereocenters. The van der Waals surface area contributed by atoms with Gasteiger partial charge in [0, 0.05) is 18.2 Å². The third-order valence-electron chi connectivity index (χ3n) is 3.92. The fourth-order valence-electron chi connectivity index (χ4n) is 2.61. The van der Waals surface area contributed by atoms with E-state index in [1.165, 1.54) is 0 Å². The average Bonchev–Trinajstić information content (AvgIpc) is 3.03. The summed E-state index contributed by atoms with van der Waals surface area (Å²) in [6.45, 7) is 5.69. The fourth-order valence-corrected chi connectivity index (χ4v) is 3.97. The van der Waals surface area contributed by atoms with Crippen molar-refractivity contribution in [2.75, 3.05) is 31.4 Å². The number of nitrogens with zero attached hydrogens (tertiary/aromatic N) is 1. The summed E-state index contributed by atoms with van der Waals surface area (Å²) in [5, 5.41) is 0.0193. The summed E-state index contributed by atoms with van der Waals surface area (Å²) in [5.41, 5.74) is 0.531. The van der Waals surface area contributed by atoms with E-state index in [9.17, 15) is 4.79 Å². The highest BCUT2D eigenvalue weighted by atomic mass is 35.5. The van der Waals surface area contributed by atoms with Gasteiger partial charge in [-0.25, -0.2) is 0 Å². The maximum Gasteiger partial charge on any atom is 0.230 e. The molecule has 1 aromatic carbocycles. The molecule has 1 amide bonds. The molecule has 4 nitrogen and oxygen atoms in total. The van der Waals surface area contributed by atoms with Crippen molar-refractivity contribution in [2.24, 2.45) is 5.41 Å². The number of amides is 1. The zero-order chi connectivity index (χ0) is 15.7. The number of fused-ring (bicyclic) bond motifs is 1. The molecule has 1 unspecified atom stereocenters. The quantitative estimate of drug-likeness (QED) is 0.791. The van der Waals surface area contributed by atoms with Crippen molar-refractivity contribution in [2.45, 2.75) is 19.2 Å². The Kier molecular flexibility index (Phi) is 4.46. The van der Waals surface area contributed by atoms with Crippen LogP contribution in [0.25, 0.3) is 0 Å². The molecular weight excluding hydrogens is 322 g/mol. The van der Waals surface area contributed by atoms with Crippen LogP contribution in [0, 0.1) is 5.41 Å². The summed E-state index contributed by atoms with van der Waals surface area (Å²) in [6, 6.07) is 5.94. The van der Waals surface area contributed by atoms with E-state index in [4.69, 9.17) is 21.1 Å². The zero-order valence-corrected chi connectivity index (χ0v) is 14.4. The monoisotopic (exact) mass is 341 g/mol. The second-order valence-electron chi connectivity index (χ2n) is 6.14. The molecule has 6 heteroatoms. The van der Waals surface area contributed by atoms with Gasteiger partial charge in [0.2, 0.25) is 5.91 Å². The number of benzene rings is 1. The lowest BCUT2D eigenvalue weighted by atomic mass is 9.94. The molecule has 1 saturated heterocycles. The molecule has 0 bridgehead atoms. The molecule has 1 aromatic rings. The molecule has 2 aliphatic rings. The second-order valence-corrected chi connectivity index (χ2v) is 7.60. The summed E-state index contributed by atoms with van der Waals surface area (Å²) < 4.78 is 11.2. The van der Waals surface area contributed by atoms with E-state index in [0.29, 0.717) is 19.1 Å². The first kappa shape index (κ1) is 15.8. The Morgan fingerprint density at radius 1 is 1.36 bits per heavy atom. The van der Waals surface area contributed by atoms with Gasteiger partial charge in [0.05, 0.1) is 5.41 Å². The van der Waals surface area contributed by atoms with Crippen molar-refractivity contribution < 1.29 is 14.3 Å². The fraction of sp³-hybridized carbons (Fsp3) is 0.562. The Labute approximate surface area is 140 Å². The minimum absolute atomic E-state index is 0.0193. The molecule has 2 aliphatic heterocycles. The van der Waals surface area contributed by atoms with Gasteiger partial charge in [-0.1, -0.05) is 6.07 Å². The van der Waals surface area contributed by atoms with Crippen molar-refractivity contribution in [1.29, 1.82) is 0 Å². The van der Waals surface area contributed by atoms with E-state index in [2.05, 4.69) is 0 Å². The maximum absolute atomic E-state index is 12.7. The highest BCUT2D eigenvalue weighted by Crippen LogP contribution is 2.43. The maximum atomic E-state index is 12.7. The Morgan fingerprint density at radius 3 is 2.82 bits per heavy atom. The number of hydrogen-bond acceptors (Lipinski definition) is 4. The predicted molar refractivity (Wildman–Crippen MR) is 88.8 cm³/mol. The number of carbonyl (C=O) groups excluding carboxylic acids is 1. The van der Waals surface area contributed by atoms with Gasteiger partial charge in [0.1, 0.15) is 18.6 Å². The molecular formula is C16H20ClNO3S. The number of rotatable bonds is 3. The van der Waals surface area contributed by atoms with E-state index in [1.54, 1.807) is 11.8 Å². The van der Waals surface area contributed by atoms with Crippen molar-refractivity contribution in [1.82, 2.24) is 4.90 Å². The van der Waals surface area contributed by atoms with Crippen LogP contribution in [0.2, 0.25) is 0 Å². The highest BCUT2D eigenvalue weighted by Gasteiger charge is 2.38. The number of thioether (sulfide) groups is 1. The van der Waals surface area contributed by atoms with Gasteiger partial charge in [-0.2, -0.15) is 0 Å². The minimum atomic E-state index is -0.543. The first-order valence-corrected chi connectivity index (χ1v) is 8.99.